The Hall–Kier alpha value is -1.75. The van der Waals surface area contributed by atoms with Gasteiger partial charge in [0.05, 0.1) is 13.7 Å². The molecule has 2 N–H and O–H groups in total. The number of rotatable bonds is 4. The number of benzene rings is 1. The van der Waals surface area contributed by atoms with E-state index in [4.69, 9.17) is 10.5 Å². The van der Waals surface area contributed by atoms with Crippen LogP contribution in [0.2, 0.25) is 0 Å². The Morgan fingerprint density at radius 2 is 2.29 bits per heavy atom. The summed E-state index contributed by atoms with van der Waals surface area (Å²) >= 11 is 1.51. The van der Waals surface area contributed by atoms with Crippen LogP contribution in [0.15, 0.2) is 30.5 Å². The van der Waals surface area contributed by atoms with Gasteiger partial charge in [-0.3, -0.25) is 0 Å². The van der Waals surface area contributed by atoms with Crippen molar-refractivity contribution in [3.05, 3.63) is 35.3 Å². The quantitative estimate of drug-likeness (QED) is 0.903. The molecule has 4 nitrogen and oxygen atoms in total. The molecule has 0 bridgehead atoms. The van der Waals surface area contributed by atoms with Gasteiger partial charge in [0.25, 0.3) is 0 Å². The first-order chi connectivity index (χ1) is 8.19. The lowest BCUT2D eigenvalue weighted by molar-refractivity contribution is 0.415. The highest BCUT2D eigenvalue weighted by Crippen LogP contribution is 2.23. The van der Waals surface area contributed by atoms with Gasteiger partial charge in [-0.15, -0.1) is 11.3 Å². The van der Waals surface area contributed by atoms with Gasteiger partial charge in [0, 0.05) is 29.9 Å². The summed E-state index contributed by atoms with van der Waals surface area (Å²) in [5, 5.41) is 0.610. The van der Waals surface area contributed by atoms with Gasteiger partial charge >= 0.3 is 0 Å². The highest BCUT2D eigenvalue weighted by atomic mass is 32.1. The summed E-state index contributed by atoms with van der Waals surface area (Å²) in [6, 6.07) is 7.96. The predicted octanol–water partition coefficient (Wildman–Crippen LogP) is 2.37. The fourth-order valence-corrected chi connectivity index (χ4v) is 2.31. The lowest BCUT2D eigenvalue weighted by Crippen LogP contribution is -2.15. The molecule has 0 saturated heterocycles. The molecule has 0 aliphatic carbocycles. The number of anilines is 2. The summed E-state index contributed by atoms with van der Waals surface area (Å²) in [5.74, 6) is 0.859. The van der Waals surface area contributed by atoms with Crippen LogP contribution in [-0.2, 0) is 6.54 Å². The maximum atomic E-state index is 5.61. The van der Waals surface area contributed by atoms with Crippen molar-refractivity contribution in [2.75, 3.05) is 24.8 Å². The molecule has 0 unspecified atom stereocenters. The summed E-state index contributed by atoms with van der Waals surface area (Å²) < 4.78 is 5.20. The topological polar surface area (TPSA) is 51.4 Å². The lowest BCUT2D eigenvalue weighted by atomic mass is 10.3. The van der Waals surface area contributed by atoms with Crippen LogP contribution in [-0.4, -0.2) is 19.1 Å². The molecule has 0 atom stereocenters. The van der Waals surface area contributed by atoms with Crippen LogP contribution in [0.25, 0.3) is 0 Å². The molecule has 0 spiro atoms. The molecular formula is C12H15N3OS. The van der Waals surface area contributed by atoms with Gasteiger partial charge in [-0.25, -0.2) is 4.98 Å². The van der Waals surface area contributed by atoms with Gasteiger partial charge in [0.1, 0.15) is 5.75 Å². The molecule has 17 heavy (non-hydrogen) atoms. The first-order valence-electron chi connectivity index (χ1n) is 5.24. The monoisotopic (exact) mass is 249 g/mol. The molecular weight excluding hydrogens is 234 g/mol. The van der Waals surface area contributed by atoms with Crippen molar-refractivity contribution in [1.29, 1.82) is 0 Å². The SMILES string of the molecule is COc1cccc(N(C)Cc2cnc(N)s2)c1. The number of nitrogens with zero attached hydrogens (tertiary/aromatic N) is 2. The molecule has 0 aliphatic rings. The van der Waals surface area contributed by atoms with Crippen LogP contribution in [0, 0.1) is 0 Å². The van der Waals surface area contributed by atoms with Crippen molar-refractivity contribution in [3.8, 4) is 5.75 Å². The van der Waals surface area contributed by atoms with E-state index in [1.165, 1.54) is 11.3 Å². The average molecular weight is 249 g/mol. The first-order valence-corrected chi connectivity index (χ1v) is 6.06. The Kier molecular flexibility index (Phi) is 3.49. The van der Waals surface area contributed by atoms with E-state index in [2.05, 4.69) is 9.88 Å². The summed E-state index contributed by atoms with van der Waals surface area (Å²) in [4.78, 5) is 7.32. The van der Waals surface area contributed by atoms with Gasteiger partial charge in [-0.2, -0.15) is 0 Å². The van der Waals surface area contributed by atoms with Crippen LogP contribution in [0.4, 0.5) is 10.8 Å². The number of ether oxygens (including phenoxy) is 1. The highest BCUT2D eigenvalue weighted by molar-refractivity contribution is 7.15. The Bertz CT molecular complexity index is 498. The number of thiazole rings is 1. The Balaban J connectivity index is 2.11. The van der Waals surface area contributed by atoms with Crippen molar-refractivity contribution in [2.24, 2.45) is 0 Å². The Labute approximate surface area is 105 Å². The number of nitrogens with two attached hydrogens (primary N) is 1. The molecule has 90 valence electrons. The second-order valence-corrected chi connectivity index (χ2v) is 4.87. The molecule has 0 radical (unpaired) electrons. The summed E-state index contributed by atoms with van der Waals surface area (Å²) in [7, 11) is 3.70. The largest absolute Gasteiger partial charge is 0.497 e. The van der Waals surface area contributed by atoms with Gasteiger partial charge in [-0.1, -0.05) is 6.07 Å². The van der Waals surface area contributed by atoms with Gasteiger partial charge < -0.3 is 15.4 Å². The van der Waals surface area contributed by atoms with Gasteiger partial charge in [0.15, 0.2) is 5.13 Å². The van der Waals surface area contributed by atoms with Crippen molar-refractivity contribution < 1.29 is 4.74 Å². The van der Waals surface area contributed by atoms with Gasteiger partial charge in [-0.05, 0) is 12.1 Å². The maximum absolute atomic E-state index is 5.61. The molecule has 2 aromatic rings. The van der Waals surface area contributed by atoms with E-state index in [1.54, 1.807) is 7.11 Å². The Morgan fingerprint density at radius 1 is 1.47 bits per heavy atom. The van der Waals surface area contributed by atoms with Crippen LogP contribution >= 0.6 is 11.3 Å². The minimum Gasteiger partial charge on any atom is -0.497 e. The summed E-state index contributed by atoms with van der Waals surface area (Å²) in [6.45, 7) is 0.794. The average Bonchev–Trinajstić information content (AvgIpc) is 2.75. The van der Waals surface area contributed by atoms with Crippen molar-refractivity contribution in [2.45, 2.75) is 6.54 Å². The maximum Gasteiger partial charge on any atom is 0.180 e. The van der Waals surface area contributed by atoms with Gasteiger partial charge in [0.2, 0.25) is 0 Å². The van der Waals surface area contributed by atoms with Crippen molar-refractivity contribution >= 4 is 22.2 Å². The molecule has 1 aromatic heterocycles. The zero-order chi connectivity index (χ0) is 12.3. The number of nitrogen functional groups attached to an aromatic ring is 1. The molecule has 1 aromatic carbocycles. The molecule has 0 aliphatic heterocycles. The van der Waals surface area contributed by atoms with Crippen molar-refractivity contribution in [1.82, 2.24) is 4.98 Å². The minimum atomic E-state index is 0.610. The highest BCUT2D eigenvalue weighted by Gasteiger charge is 2.05. The van der Waals surface area contributed by atoms with E-state index in [0.717, 1.165) is 22.9 Å². The van der Waals surface area contributed by atoms with E-state index < -0.39 is 0 Å². The molecule has 0 amide bonds. The standard InChI is InChI=1S/C12H15N3OS/c1-15(8-11-7-14-12(13)17-11)9-4-3-5-10(6-9)16-2/h3-7H,8H2,1-2H3,(H2,13,14). The first kappa shape index (κ1) is 11.7. The normalized spacial score (nSPS) is 10.2. The molecule has 2 rings (SSSR count). The van der Waals surface area contributed by atoms with Crippen LogP contribution in [0.5, 0.6) is 5.75 Å². The fourth-order valence-electron chi connectivity index (χ4n) is 1.57. The third-order valence-corrected chi connectivity index (χ3v) is 3.27. The summed E-state index contributed by atoms with van der Waals surface area (Å²) in [5.41, 5.74) is 6.72. The van der Waals surface area contributed by atoms with Crippen molar-refractivity contribution in [3.63, 3.8) is 0 Å². The number of hydrogen-bond acceptors (Lipinski definition) is 5. The fraction of sp³-hybridized carbons (Fsp3) is 0.250. The smallest absolute Gasteiger partial charge is 0.180 e. The van der Waals surface area contributed by atoms with E-state index in [1.807, 2.05) is 37.5 Å². The zero-order valence-corrected chi connectivity index (χ0v) is 10.7. The molecule has 0 fully saturated rings. The zero-order valence-electron chi connectivity index (χ0n) is 9.88. The van der Waals surface area contributed by atoms with E-state index in [9.17, 15) is 0 Å². The van der Waals surface area contributed by atoms with Crippen LogP contribution in [0.3, 0.4) is 0 Å². The summed E-state index contributed by atoms with van der Waals surface area (Å²) in [6.07, 6.45) is 1.82. The third kappa shape index (κ3) is 2.88. The van der Waals surface area contributed by atoms with E-state index in [0.29, 0.717) is 5.13 Å². The molecule has 0 saturated carbocycles. The number of aromatic nitrogens is 1. The molecule has 5 heteroatoms. The minimum absolute atomic E-state index is 0.610. The van der Waals surface area contributed by atoms with Crippen LogP contribution in [0.1, 0.15) is 4.88 Å². The van der Waals surface area contributed by atoms with E-state index >= 15 is 0 Å². The number of methoxy groups -OCH3 is 1. The second kappa shape index (κ2) is 5.05. The van der Waals surface area contributed by atoms with Crippen LogP contribution < -0.4 is 15.4 Å². The van der Waals surface area contributed by atoms with E-state index in [-0.39, 0.29) is 0 Å². The Morgan fingerprint density at radius 3 is 2.94 bits per heavy atom. The second-order valence-electron chi connectivity index (χ2n) is 3.72. The lowest BCUT2D eigenvalue weighted by Gasteiger charge is -2.18. The predicted molar refractivity (Wildman–Crippen MR) is 71.6 cm³/mol. The molecule has 1 heterocycles. The third-order valence-electron chi connectivity index (χ3n) is 2.46. The number of hydrogen-bond donors (Lipinski definition) is 1.